The fraction of sp³-hybridized carbons (Fsp3) is 0.261. The van der Waals surface area contributed by atoms with Crippen LogP contribution >= 0.6 is 35.0 Å². The molecule has 1 heterocycles. The van der Waals surface area contributed by atoms with Gasteiger partial charge in [0, 0.05) is 35.0 Å². The number of halogens is 4. The van der Waals surface area contributed by atoms with Crippen LogP contribution in [0.2, 0.25) is 10.0 Å². The molecule has 34 heavy (non-hydrogen) atoms. The first-order valence-electron chi connectivity index (χ1n) is 10.2. The van der Waals surface area contributed by atoms with E-state index in [1.165, 1.54) is 30.0 Å². The van der Waals surface area contributed by atoms with Crippen molar-refractivity contribution >= 4 is 58.8 Å². The third-order valence-corrected chi connectivity index (χ3v) is 7.20. The molecular formula is C23H20Cl2F2N2O4S. The van der Waals surface area contributed by atoms with Gasteiger partial charge in [-0.1, -0.05) is 41.0 Å². The Bertz CT molecular complexity index is 1110. The number of carbonyl (C=O) groups is 3. The number of carboxylic acids is 1. The van der Waals surface area contributed by atoms with Crippen LogP contribution in [0.4, 0.5) is 8.78 Å². The summed E-state index contributed by atoms with van der Waals surface area (Å²) in [7, 11) is 0. The van der Waals surface area contributed by atoms with Crippen LogP contribution in [0.3, 0.4) is 0 Å². The summed E-state index contributed by atoms with van der Waals surface area (Å²) in [5.74, 6) is -3.63. The molecule has 1 saturated heterocycles. The van der Waals surface area contributed by atoms with E-state index in [1.54, 1.807) is 35.2 Å². The SMILES string of the molecule is O=C(O)C(F)C(=O)NC1CCN(C(=O)/C=C/c2ccc(Sc3ccc(F)cc3)c(Cl)c2Cl)CC1. The van der Waals surface area contributed by atoms with Crippen molar-refractivity contribution in [3.05, 3.63) is 63.9 Å². The normalized spacial score (nSPS) is 15.4. The number of piperidine rings is 1. The number of amides is 2. The van der Waals surface area contributed by atoms with E-state index in [0.29, 0.717) is 41.4 Å². The Morgan fingerprint density at radius 1 is 1.09 bits per heavy atom. The molecule has 0 radical (unpaired) electrons. The topological polar surface area (TPSA) is 86.7 Å². The molecule has 1 unspecified atom stereocenters. The number of carbonyl (C=O) groups excluding carboxylic acids is 2. The van der Waals surface area contributed by atoms with Crippen molar-refractivity contribution in [2.75, 3.05) is 13.1 Å². The van der Waals surface area contributed by atoms with Crippen LogP contribution in [0, 0.1) is 5.82 Å². The average molecular weight is 529 g/mol. The van der Waals surface area contributed by atoms with E-state index < -0.39 is 24.1 Å². The lowest BCUT2D eigenvalue weighted by molar-refractivity contribution is -0.148. The fourth-order valence-corrected chi connectivity index (χ4v) is 4.71. The zero-order chi connectivity index (χ0) is 24.8. The molecule has 1 aliphatic rings. The average Bonchev–Trinajstić information content (AvgIpc) is 2.82. The number of aliphatic carboxylic acids is 1. The molecule has 2 aromatic carbocycles. The molecule has 2 aromatic rings. The lowest BCUT2D eigenvalue weighted by Crippen LogP contribution is -2.49. The molecule has 0 spiro atoms. The van der Waals surface area contributed by atoms with Gasteiger partial charge < -0.3 is 15.3 Å². The van der Waals surface area contributed by atoms with E-state index in [4.69, 9.17) is 28.3 Å². The molecule has 0 bridgehead atoms. The third kappa shape index (κ3) is 6.71. The van der Waals surface area contributed by atoms with Gasteiger partial charge in [0.25, 0.3) is 12.1 Å². The van der Waals surface area contributed by atoms with Crippen molar-refractivity contribution in [2.45, 2.75) is 34.8 Å². The van der Waals surface area contributed by atoms with Crippen molar-refractivity contribution in [2.24, 2.45) is 0 Å². The van der Waals surface area contributed by atoms with Crippen molar-refractivity contribution < 1.29 is 28.3 Å². The van der Waals surface area contributed by atoms with Gasteiger partial charge in [0.15, 0.2) is 0 Å². The minimum absolute atomic E-state index is 0.268. The van der Waals surface area contributed by atoms with Crippen molar-refractivity contribution in [3.63, 3.8) is 0 Å². The monoisotopic (exact) mass is 528 g/mol. The van der Waals surface area contributed by atoms with Crippen LogP contribution in [-0.4, -0.2) is 53.1 Å². The highest BCUT2D eigenvalue weighted by Crippen LogP contribution is 2.39. The first kappa shape index (κ1) is 26.0. The van der Waals surface area contributed by atoms with E-state index in [1.807, 2.05) is 0 Å². The maximum absolute atomic E-state index is 13.2. The molecule has 1 aliphatic heterocycles. The van der Waals surface area contributed by atoms with E-state index in [2.05, 4.69) is 5.32 Å². The highest BCUT2D eigenvalue weighted by molar-refractivity contribution is 7.99. The summed E-state index contributed by atoms with van der Waals surface area (Å²) in [6, 6.07) is 9.05. The molecule has 1 atom stereocenters. The molecule has 2 N–H and O–H groups in total. The number of benzene rings is 2. The lowest BCUT2D eigenvalue weighted by Gasteiger charge is -2.31. The quantitative estimate of drug-likeness (QED) is 0.397. The zero-order valence-corrected chi connectivity index (χ0v) is 20.0. The number of alkyl halides is 1. The van der Waals surface area contributed by atoms with Gasteiger partial charge in [-0.05, 0) is 54.8 Å². The standard InChI is InChI=1S/C23H20Cl2F2N2O4S/c24-19-13(1-7-17(20(19)25)34-16-5-3-14(26)4-6-16)2-8-18(30)29-11-9-15(10-12-29)28-22(31)21(27)23(32)33/h1-8,15,21H,9-12H2,(H,28,31)(H,32,33)/b8-2+. The molecule has 0 aliphatic carbocycles. The van der Waals surface area contributed by atoms with Gasteiger partial charge in [0.05, 0.1) is 10.0 Å². The number of nitrogens with zero attached hydrogens (tertiary/aromatic N) is 1. The fourth-order valence-electron chi connectivity index (χ4n) is 3.28. The highest BCUT2D eigenvalue weighted by Gasteiger charge is 2.29. The van der Waals surface area contributed by atoms with Gasteiger partial charge in [-0.2, -0.15) is 0 Å². The van der Waals surface area contributed by atoms with Crippen LogP contribution in [0.15, 0.2) is 52.3 Å². The van der Waals surface area contributed by atoms with Crippen molar-refractivity contribution in [1.82, 2.24) is 10.2 Å². The Labute approximate surface area is 208 Å². The zero-order valence-electron chi connectivity index (χ0n) is 17.6. The molecule has 6 nitrogen and oxygen atoms in total. The van der Waals surface area contributed by atoms with E-state index in [-0.39, 0.29) is 16.7 Å². The predicted molar refractivity (Wildman–Crippen MR) is 126 cm³/mol. The number of rotatable bonds is 7. The van der Waals surface area contributed by atoms with Gasteiger partial charge in [0.2, 0.25) is 5.91 Å². The summed E-state index contributed by atoms with van der Waals surface area (Å²) in [6.07, 6.45) is 1.06. The highest BCUT2D eigenvalue weighted by atomic mass is 35.5. The van der Waals surface area contributed by atoms with E-state index in [0.717, 1.165) is 4.90 Å². The van der Waals surface area contributed by atoms with Crippen molar-refractivity contribution in [1.29, 1.82) is 0 Å². The van der Waals surface area contributed by atoms with E-state index in [9.17, 15) is 23.2 Å². The summed E-state index contributed by atoms with van der Waals surface area (Å²) in [4.78, 5) is 37.6. The molecule has 0 saturated carbocycles. The second kappa shape index (κ2) is 11.7. The van der Waals surface area contributed by atoms with E-state index >= 15 is 0 Å². The minimum atomic E-state index is -2.61. The third-order valence-electron chi connectivity index (χ3n) is 5.12. The van der Waals surface area contributed by atoms with Crippen LogP contribution in [0.25, 0.3) is 6.08 Å². The second-order valence-electron chi connectivity index (χ2n) is 7.48. The molecule has 11 heteroatoms. The number of hydrogen-bond donors (Lipinski definition) is 2. The number of carboxylic acid groups (broad SMARTS) is 1. The van der Waals surface area contributed by atoms with Crippen LogP contribution < -0.4 is 5.32 Å². The van der Waals surface area contributed by atoms with Gasteiger partial charge in [-0.3, -0.25) is 9.59 Å². The maximum Gasteiger partial charge on any atom is 0.348 e. The van der Waals surface area contributed by atoms with Crippen molar-refractivity contribution in [3.8, 4) is 0 Å². The first-order chi connectivity index (χ1) is 16.2. The Morgan fingerprint density at radius 2 is 1.74 bits per heavy atom. The predicted octanol–water partition coefficient (Wildman–Crippen LogP) is 4.83. The van der Waals surface area contributed by atoms with Crippen LogP contribution in [0.5, 0.6) is 0 Å². The number of nitrogens with one attached hydrogen (secondary N) is 1. The van der Waals surface area contributed by atoms with Crippen LogP contribution in [-0.2, 0) is 14.4 Å². The number of hydrogen-bond acceptors (Lipinski definition) is 4. The number of likely N-dealkylation sites (tertiary alicyclic amines) is 1. The largest absolute Gasteiger partial charge is 0.479 e. The Balaban J connectivity index is 1.56. The maximum atomic E-state index is 13.2. The smallest absolute Gasteiger partial charge is 0.348 e. The summed E-state index contributed by atoms with van der Waals surface area (Å²) >= 11 is 14.1. The molecule has 180 valence electrons. The molecular weight excluding hydrogens is 509 g/mol. The Hall–Kier alpha value is -2.62. The summed E-state index contributed by atoms with van der Waals surface area (Å²) < 4.78 is 26.3. The second-order valence-corrected chi connectivity index (χ2v) is 9.35. The molecule has 2 amide bonds. The lowest BCUT2D eigenvalue weighted by atomic mass is 10.0. The summed E-state index contributed by atoms with van der Waals surface area (Å²) in [5.41, 5.74) is 0.549. The minimum Gasteiger partial charge on any atom is -0.479 e. The Kier molecular flexibility index (Phi) is 8.93. The van der Waals surface area contributed by atoms with Gasteiger partial charge in [-0.15, -0.1) is 0 Å². The first-order valence-corrected chi connectivity index (χ1v) is 11.8. The Morgan fingerprint density at radius 3 is 2.35 bits per heavy atom. The van der Waals surface area contributed by atoms with Crippen LogP contribution in [0.1, 0.15) is 18.4 Å². The van der Waals surface area contributed by atoms with Gasteiger partial charge in [0.1, 0.15) is 5.82 Å². The molecule has 0 aromatic heterocycles. The van der Waals surface area contributed by atoms with Gasteiger partial charge in [-0.25, -0.2) is 13.6 Å². The summed E-state index contributed by atoms with van der Waals surface area (Å²) in [6.45, 7) is 0.639. The molecule has 1 fully saturated rings. The summed E-state index contributed by atoms with van der Waals surface area (Å²) in [5, 5.41) is 11.5. The molecule has 3 rings (SSSR count). The van der Waals surface area contributed by atoms with Gasteiger partial charge >= 0.3 is 5.97 Å².